The number of aromatic nitrogens is 1. The van der Waals surface area contributed by atoms with Crippen molar-refractivity contribution in [3.8, 4) is 17.2 Å². The highest BCUT2D eigenvalue weighted by atomic mass is 32.1. The van der Waals surface area contributed by atoms with Crippen LogP contribution in [0, 0.1) is 6.92 Å². The lowest BCUT2D eigenvalue weighted by Gasteiger charge is -2.13. The SMILES string of the molecule is COC(Cc1ccc(OCCCc2nc(-c3ccc(C(C)C)cc3)oc2C)c2ccsc12)C(=O)O. The Morgan fingerprint density at radius 3 is 2.60 bits per heavy atom. The van der Waals surface area contributed by atoms with Gasteiger partial charge in [0.25, 0.3) is 0 Å². The largest absolute Gasteiger partial charge is 0.493 e. The summed E-state index contributed by atoms with van der Waals surface area (Å²) in [4.78, 5) is 16.1. The minimum Gasteiger partial charge on any atom is -0.493 e. The molecular formula is C28H31NO5S. The van der Waals surface area contributed by atoms with Gasteiger partial charge in [-0.25, -0.2) is 9.78 Å². The van der Waals surface area contributed by atoms with Crippen LogP contribution in [0.5, 0.6) is 5.75 Å². The Balaban J connectivity index is 1.37. The maximum Gasteiger partial charge on any atom is 0.333 e. The van der Waals surface area contributed by atoms with Crippen molar-refractivity contribution < 1.29 is 23.8 Å². The monoisotopic (exact) mass is 493 g/mol. The van der Waals surface area contributed by atoms with E-state index in [1.807, 2.05) is 30.5 Å². The highest BCUT2D eigenvalue weighted by molar-refractivity contribution is 7.17. The molecule has 1 atom stereocenters. The number of ether oxygens (including phenoxy) is 2. The van der Waals surface area contributed by atoms with Crippen molar-refractivity contribution in [2.24, 2.45) is 0 Å². The Bertz CT molecular complexity index is 1290. The van der Waals surface area contributed by atoms with Gasteiger partial charge in [0, 0.05) is 29.2 Å². The molecule has 0 spiro atoms. The summed E-state index contributed by atoms with van der Waals surface area (Å²) in [6.45, 7) is 6.86. The first-order chi connectivity index (χ1) is 16.9. The smallest absolute Gasteiger partial charge is 0.333 e. The van der Waals surface area contributed by atoms with E-state index in [2.05, 4.69) is 38.1 Å². The van der Waals surface area contributed by atoms with Gasteiger partial charge in [-0.3, -0.25) is 0 Å². The minimum absolute atomic E-state index is 0.317. The Hall–Kier alpha value is -3.16. The first-order valence-corrected chi connectivity index (χ1v) is 12.7. The molecule has 35 heavy (non-hydrogen) atoms. The second kappa shape index (κ2) is 11.1. The number of nitrogens with zero attached hydrogens (tertiary/aromatic N) is 1. The van der Waals surface area contributed by atoms with Gasteiger partial charge in [0.1, 0.15) is 11.5 Å². The molecule has 0 saturated heterocycles. The average Bonchev–Trinajstić information content (AvgIpc) is 3.48. The standard InChI is InChI=1S/C28H31NO5S/c1-17(2)19-7-9-20(10-8-19)27-29-23(18(3)34-27)6-5-14-33-24-12-11-21(16-25(32-4)28(30)31)26-22(24)13-15-35-26/h7-13,15,17,25H,5-6,14,16H2,1-4H3,(H,30,31). The summed E-state index contributed by atoms with van der Waals surface area (Å²) in [6.07, 6.45) is 1.02. The molecule has 4 rings (SSSR count). The molecule has 0 aliphatic carbocycles. The summed E-state index contributed by atoms with van der Waals surface area (Å²) in [7, 11) is 1.42. The summed E-state index contributed by atoms with van der Waals surface area (Å²) >= 11 is 1.58. The Kier molecular flexibility index (Phi) is 7.88. The number of aryl methyl sites for hydroxylation is 2. The average molecular weight is 494 g/mol. The quantitative estimate of drug-likeness (QED) is 0.236. The lowest BCUT2D eigenvalue weighted by Crippen LogP contribution is -2.24. The number of benzene rings is 2. The second-order valence-corrected chi connectivity index (χ2v) is 9.82. The van der Waals surface area contributed by atoms with E-state index in [0.29, 0.717) is 24.8 Å². The summed E-state index contributed by atoms with van der Waals surface area (Å²) < 4.78 is 18.2. The third kappa shape index (κ3) is 5.74. The van der Waals surface area contributed by atoms with Crippen molar-refractivity contribution in [2.45, 2.75) is 52.1 Å². The number of hydrogen-bond acceptors (Lipinski definition) is 6. The van der Waals surface area contributed by atoms with E-state index < -0.39 is 12.1 Å². The molecule has 0 fully saturated rings. The fraction of sp³-hybridized carbons (Fsp3) is 0.357. The van der Waals surface area contributed by atoms with Crippen molar-refractivity contribution >= 4 is 27.4 Å². The van der Waals surface area contributed by atoms with Crippen LogP contribution in [-0.4, -0.2) is 35.9 Å². The molecule has 0 aliphatic rings. The molecule has 0 radical (unpaired) electrons. The second-order valence-electron chi connectivity index (χ2n) is 8.90. The lowest BCUT2D eigenvalue weighted by atomic mass is 10.0. The number of hydrogen-bond donors (Lipinski definition) is 1. The number of methoxy groups -OCH3 is 1. The van der Waals surface area contributed by atoms with Crippen LogP contribution in [0.2, 0.25) is 0 Å². The predicted octanol–water partition coefficient (Wildman–Crippen LogP) is 6.64. The summed E-state index contributed by atoms with van der Waals surface area (Å²) in [5.41, 5.74) is 4.18. The number of aliphatic carboxylic acids is 1. The van der Waals surface area contributed by atoms with Crippen molar-refractivity contribution in [1.29, 1.82) is 0 Å². The zero-order valence-electron chi connectivity index (χ0n) is 20.5. The first-order valence-electron chi connectivity index (χ1n) is 11.8. The van der Waals surface area contributed by atoms with Crippen LogP contribution in [0.3, 0.4) is 0 Å². The molecule has 2 heterocycles. The Morgan fingerprint density at radius 1 is 1.14 bits per heavy atom. The molecule has 0 bridgehead atoms. The minimum atomic E-state index is -0.962. The van der Waals surface area contributed by atoms with Crippen LogP contribution in [0.25, 0.3) is 21.5 Å². The number of carbonyl (C=O) groups is 1. The Labute approximate surface area is 209 Å². The van der Waals surface area contributed by atoms with Gasteiger partial charge in [-0.1, -0.05) is 32.0 Å². The van der Waals surface area contributed by atoms with E-state index in [-0.39, 0.29) is 0 Å². The predicted molar refractivity (Wildman–Crippen MR) is 139 cm³/mol. The van der Waals surface area contributed by atoms with Crippen molar-refractivity contribution in [3.05, 3.63) is 70.4 Å². The first kappa shape index (κ1) is 24.9. The van der Waals surface area contributed by atoms with Gasteiger partial charge in [-0.2, -0.15) is 0 Å². The molecule has 1 N–H and O–H groups in total. The van der Waals surface area contributed by atoms with Gasteiger partial charge >= 0.3 is 5.97 Å². The number of oxazole rings is 1. The van der Waals surface area contributed by atoms with E-state index in [0.717, 1.165) is 51.3 Å². The van der Waals surface area contributed by atoms with Crippen molar-refractivity contribution in [3.63, 3.8) is 0 Å². The van der Waals surface area contributed by atoms with Crippen molar-refractivity contribution in [1.82, 2.24) is 4.98 Å². The number of rotatable bonds is 11. The highest BCUT2D eigenvalue weighted by Crippen LogP contribution is 2.34. The number of carboxylic acids is 1. The van der Waals surface area contributed by atoms with Gasteiger partial charge in [-0.15, -0.1) is 11.3 Å². The molecule has 0 amide bonds. The van der Waals surface area contributed by atoms with Gasteiger partial charge in [0.15, 0.2) is 6.10 Å². The fourth-order valence-electron chi connectivity index (χ4n) is 4.07. The van der Waals surface area contributed by atoms with Crippen LogP contribution < -0.4 is 4.74 Å². The number of fused-ring (bicyclic) bond motifs is 1. The maximum absolute atomic E-state index is 11.4. The van der Waals surface area contributed by atoms with E-state index >= 15 is 0 Å². The van der Waals surface area contributed by atoms with Gasteiger partial charge in [0.2, 0.25) is 5.89 Å². The summed E-state index contributed by atoms with van der Waals surface area (Å²) in [5.74, 6) is 1.82. The van der Waals surface area contributed by atoms with E-state index in [1.165, 1.54) is 12.7 Å². The summed E-state index contributed by atoms with van der Waals surface area (Å²) in [5, 5.41) is 12.3. The van der Waals surface area contributed by atoms with Crippen LogP contribution in [0.4, 0.5) is 0 Å². The zero-order valence-corrected chi connectivity index (χ0v) is 21.4. The van der Waals surface area contributed by atoms with E-state index in [9.17, 15) is 9.90 Å². The van der Waals surface area contributed by atoms with Gasteiger partial charge in [0.05, 0.1) is 12.3 Å². The molecule has 7 heteroatoms. The van der Waals surface area contributed by atoms with Crippen molar-refractivity contribution in [2.75, 3.05) is 13.7 Å². The maximum atomic E-state index is 11.4. The molecule has 184 valence electrons. The van der Waals surface area contributed by atoms with E-state index in [1.54, 1.807) is 11.3 Å². The Morgan fingerprint density at radius 2 is 1.91 bits per heavy atom. The summed E-state index contributed by atoms with van der Waals surface area (Å²) in [6, 6.07) is 14.2. The molecular weight excluding hydrogens is 462 g/mol. The number of thiophene rings is 1. The molecule has 4 aromatic rings. The van der Waals surface area contributed by atoms with Crippen LogP contribution in [0.15, 0.2) is 52.3 Å². The van der Waals surface area contributed by atoms with Crippen LogP contribution >= 0.6 is 11.3 Å². The van der Waals surface area contributed by atoms with Gasteiger partial charge < -0.3 is 19.0 Å². The molecule has 0 saturated carbocycles. The third-order valence-electron chi connectivity index (χ3n) is 6.16. The lowest BCUT2D eigenvalue weighted by molar-refractivity contribution is -0.148. The molecule has 2 aromatic heterocycles. The molecule has 1 unspecified atom stereocenters. The molecule has 0 aliphatic heterocycles. The molecule has 2 aromatic carbocycles. The van der Waals surface area contributed by atoms with Gasteiger partial charge in [-0.05, 0) is 66.5 Å². The van der Waals surface area contributed by atoms with Crippen LogP contribution in [0.1, 0.15) is 48.8 Å². The fourth-order valence-corrected chi connectivity index (χ4v) is 5.01. The highest BCUT2D eigenvalue weighted by Gasteiger charge is 2.19. The van der Waals surface area contributed by atoms with E-state index in [4.69, 9.17) is 18.9 Å². The molecule has 6 nitrogen and oxygen atoms in total. The third-order valence-corrected chi connectivity index (χ3v) is 7.15. The van der Waals surface area contributed by atoms with Crippen LogP contribution in [-0.2, 0) is 22.4 Å². The topological polar surface area (TPSA) is 81.8 Å². The zero-order chi connectivity index (χ0) is 24.9. The number of carboxylic acid groups (broad SMARTS) is 1. The normalized spacial score (nSPS) is 12.4.